The highest BCUT2D eigenvalue weighted by atomic mass is 32.2. The first-order valence-corrected chi connectivity index (χ1v) is 9.27. The van der Waals surface area contributed by atoms with Crippen LogP contribution in [0.3, 0.4) is 0 Å². The normalized spacial score (nSPS) is 11.2. The summed E-state index contributed by atoms with van der Waals surface area (Å²) in [7, 11) is -3.58. The monoisotopic (exact) mass is 384 g/mol. The zero-order valence-electron chi connectivity index (χ0n) is 14.0. The van der Waals surface area contributed by atoms with Crippen LogP contribution in [0.2, 0.25) is 0 Å². The number of ether oxygens (including phenoxy) is 1. The third-order valence-electron chi connectivity index (χ3n) is 3.25. The highest BCUT2D eigenvalue weighted by molar-refractivity contribution is 7.89. The maximum absolute atomic E-state index is 13.5. The van der Waals surface area contributed by atoms with Crippen LogP contribution in [0.1, 0.15) is 13.3 Å². The molecule has 0 bridgehead atoms. The van der Waals surface area contributed by atoms with E-state index in [2.05, 4.69) is 10.0 Å². The Labute approximate surface area is 150 Å². The first-order valence-electron chi connectivity index (χ1n) is 7.79. The number of carbonyl (C=O) groups excluding carboxylic acids is 1. The molecule has 26 heavy (non-hydrogen) atoms. The second-order valence-corrected chi connectivity index (χ2v) is 7.10. The van der Waals surface area contributed by atoms with Crippen molar-refractivity contribution in [3.05, 3.63) is 54.1 Å². The molecular formula is C17H18F2N2O4S. The second kappa shape index (κ2) is 8.72. The van der Waals surface area contributed by atoms with Crippen LogP contribution >= 0.6 is 0 Å². The Hall–Kier alpha value is -2.52. The number of hydrogen-bond acceptors (Lipinski definition) is 4. The Morgan fingerprint density at radius 1 is 1.12 bits per heavy atom. The van der Waals surface area contributed by atoms with Crippen molar-refractivity contribution in [2.24, 2.45) is 0 Å². The molecule has 2 aromatic rings. The minimum atomic E-state index is -3.58. The molecule has 0 aliphatic heterocycles. The molecule has 0 aliphatic rings. The van der Waals surface area contributed by atoms with Gasteiger partial charge in [-0.25, -0.2) is 21.9 Å². The van der Waals surface area contributed by atoms with Crippen LogP contribution in [0.5, 0.6) is 5.75 Å². The topological polar surface area (TPSA) is 84.5 Å². The molecule has 0 saturated carbocycles. The lowest BCUT2D eigenvalue weighted by atomic mass is 10.3. The lowest BCUT2D eigenvalue weighted by molar-refractivity contribution is -0.118. The van der Waals surface area contributed by atoms with E-state index in [-0.39, 0.29) is 16.3 Å². The van der Waals surface area contributed by atoms with Crippen molar-refractivity contribution in [3.63, 3.8) is 0 Å². The number of anilines is 1. The molecule has 0 aromatic heterocycles. The molecule has 0 atom stereocenters. The van der Waals surface area contributed by atoms with Gasteiger partial charge in [0.15, 0.2) is 6.61 Å². The summed E-state index contributed by atoms with van der Waals surface area (Å²) < 4.78 is 57.8. The molecule has 2 aromatic carbocycles. The number of amides is 1. The molecule has 0 radical (unpaired) electrons. The largest absolute Gasteiger partial charge is 0.484 e. The summed E-state index contributed by atoms with van der Waals surface area (Å²) in [6.07, 6.45) is 0.671. The quantitative estimate of drug-likeness (QED) is 0.733. The highest BCUT2D eigenvalue weighted by Crippen LogP contribution is 2.17. The van der Waals surface area contributed by atoms with Gasteiger partial charge in [0.2, 0.25) is 10.0 Å². The van der Waals surface area contributed by atoms with E-state index in [0.717, 1.165) is 12.1 Å². The smallest absolute Gasteiger partial charge is 0.262 e. The molecule has 0 heterocycles. The maximum Gasteiger partial charge on any atom is 0.262 e. The predicted octanol–water partition coefficient (Wildman–Crippen LogP) is 2.67. The number of sulfonamides is 1. The number of nitrogens with one attached hydrogen (secondary N) is 2. The lowest BCUT2D eigenvalue weighted by Crippen LogP contribution is -2.24. The zero-order chi connectivity index (χ0) is 19.2. The molecule has 0 saturated heterocycles. The van der Waals surface area contributed by atoms with E-state index in [1.807, 2.05) is 6.92 Å². The van der Waals surface area contributed by atoms with Crippen LogP contribution in [0.15, 0.2) is 47.4 Å². The molecule has 1 amide bonds. The average Bonchev–Trinajstić information content (AvgIpc) is 2.61. The number of rotatable bonds is 8. The summed E-state index contributed by atoms with van der Waals surface area (Å²) in [5.74, 6) is -2.02. The van der Waals surface area contributed by atoms with E-state index in [0.29, 0.717) is 19.0 Å². The molecule has 0 unspecified atom stereocenters. The van der Waals surface area contributed by atoms with Gasteiger partial charge >= 0.3 is 0 Å². The SMILES string of the molecule is CCCNS(=O)(=O)c1ccc(OCC(=O)Nc2ccc(F)cc2F)cc1. The fourth-order valence-electron chi connectivity index (χ4n) is 1.96. The van der Waals surface area contributed by atoms with Gasteiger partial charge in [-0.3, -0.25) is 4.79 Å². The summed E-state index contributed by atoms with van der Waals surface area (Å²) in [5, 5.41) is 2.25. The fraction of sp³-hybridized carbons (Fsp3) is 0.235. The first-order chi connectivity index (χ1) is 12.3. The molecule has 9 heteroatoms. The minimum absolute atomic E-state index is 0.0798. The third kappa shape index (κ3) is 5.50. The van der Waals surface area contributed by atoms with Crippen molar-refractivity contribution in [2.75, 3.05) is 18.5 Å². The van der Waals surface area contributed by atoms with Gasteiger partial charge in [-0.15, -0.1) is 0 Å². The summed E-state index contributed by atoms with van der Waals surface area (Å²) >= 11 is 0. The van der Waals surface area contributed by atoms with Gasteiger partial charge in [0, 0.05) is 12.6 Å². The van der Waals surface area contributed by atoms with E-state index < -0.39 is 34.2 Å². The molecular weight excluding hydrogens is 366 g/mol. The van der Waals surface area contributed by atoms with Gasteiger partial charge < -0.3 is 10.1 Å². The zero-order valence-corrected chi connectivity index (χ0v) is 14.8. The van der Waals surface area contributed by atoms with Crippen LogP contribution in [0.4, 0.5) is 14.5 Å². The average molecular weight is 384 g/mol. The van der Waals surface area contributed by atoms with Crippen LogP contribution < -0.4 is 14.8 Å². The third-order valence-corrected chi connectivity index (χ3v) is 4.73. The molecule has 0 spiro atoms. The van der Waals surface area contributed by atoms with E-state index in [4.69, 9.17) is 4.74 Å². The Bertz CT molecular complexity index is 871. The van der Waals surface area contributed by atoms with Gasteiger partial charge in [0.05, 0.1) is 10.6 Å². The standard InChI is InChI=1S/C17H18F2N2O4S/c1-2-9-20-26(23,24)14-6-4-13(5-7-14)25-11-17(22)21-16-8-3-12(18)10-15(16)19/h3-8,10,20H,2,9,11H2,1H3,(H,21,22). The van der Waals surface area contributed by atoms with Crippen molar-refractivity contribution in [3.8, 4) is 5.75 Å². The number of benzene rings is 2. The lowest BCUT2D eigenvalue weighted by Gasteiger charge is -2.09. The Kier molecular flexibility index (Phi) is 6.64. The minimum Gasteiger partial charge on any atom is -0.484 e. The number of carbonyl (C=O) groups is 1. The first kappa shape index (κ1) is 19.8. The van der Waals surface area contributed by atoms with Crippen molar-refractivity contribution < 1.29 is 26.7 Å². The number of halogens is 2. The molecule has 140 valence electrons. The van der Waals surface area contributed by atoms with E-state index in [1.165, 1.54) is 24.3 Å². The van der Waals surface area contributed by atoms with Crippen molar-refractivity contribution in [1.82, 2.24) is 4.72 Å². The van der Waals surface area contributed by atoms with Gasteiger partial charge in [-0.1, -0.05) is 6.92 Å². The Morgan fingerprint density at radius 3 is 2.42 bits per heavy atom. The molecule has 2 N–H and O–H groups in total. The van der Waals surface area contributed by atoms with Crippen LogP contribution in [-0.4, -0.2) is 27.5 Å². The highest BCUT2D eigenvalue weighted by Gasteiger charge is 2.13. The van der Waals surface area contributed by atoms with Gasteiger partial charge in [0.1, 0.15) is 17.4 Å². The van der Waals surface area contributed by atoms with Crippen LogP contribution in [0.25, 0.3) is 0 Å². The van der Waals surface area contributed by atoms with Crippen molar-refractivity contribution >= 4 is 21.6 Å². The van der Waals surface area contributed by atoms with E-state index >= 15 is 0 Å². The summed E-state index contributed by atoms with van der Waals surface area (Å²) in [6, 6.07) is 8.30. The summed E-state index contributed by atoms with van der Waals surface area (Å²) in [6.45, 7) is 1.76. The second-order valence-electron chi connectivity index (χ2n) is 5.33. The van der Waals surface area contributed by atoms with Crippen molar-refractivity contribution in [2.45, 2.75) is 18.2 Å². The van der Waals surface area contributed by atoms with Crippen molar-refractivity contribution in [1.29, 1.82) is 0 Å². The van der Waals surface area contributed by atoms with E-state index in [9.17, 15) is 22.0 Å². The van der Waals surface area contributed by atoms with E-state index in [1.54, 1.807) is 0 Å². The Morgan fingerprint density at radius 2 is 1.81 bits per heavy atom. The molecule has 2 rings (SSSR count). The summed E-state index contributed by atoms with van der Waals surface area (Å²) in [5.41, 5.74) is -0.163. The molecule has 0 aliphatic carbocycles. The summed E-state index contributed by atoms with van der Waals surface area (Å²) in [4.78, 5) is 11.8. The van der Waals surface area contributed by atoms with Crippen LogP contribution in [-0.2, 0) is 14.8 Å². The number of hydrogen-bond donors (Lipinski definition) is 2. The Balaban J connectivity index is 1.92. The van der Waals surface area contributed by atoms with Crippen LogP contribution in [0, 0.1) is 11.6 Å². The van der Waals surface area contributed by atoms with Gasteiger partial charge in [-0.2, -0.15) is 0 Å². The maximum atomic E-state index is 13.5. The van der Waals surface area contributed by atoms with Gasteiger partial charge in [0.25, 0.3) is 5.91 Å². The molecule has 0 fully saturated rings. The van der Waals surface area contributed by atoms with Gasteiger partial charge in [-0.05, 0) is 42.8 Å². The molecule has 6 nitrogen and oxygen atoms in total. The predicted molar refractivity (Wildman–Crippen MR) is 92.4 cm³/mol. The fourth-order valence-corrected chi connectivity index (χ4v) is 3.09.